The predicted molar refractivity (Wildman–Crippen MR) is 71.0 cm³/mol. The van der Waals surface area contributed by atoms with Crippen LogP contribution in [0.3, 0.4) is 0 Å². The number of aromatic nitrogens is 1. The topological polar surface area (TPSA) is 28.2 Å². The van der Waals surface area contributed by atoms with E-state index in [1.165, 1.54) is 30.2 Å². The third-order valence-electron chi connectivity index (χ3n) is 2.73. The van der Waals surface area contributed by atoms with Gasteiger partial charge in [-0.25, -0.2) is 4.98 Å². The van der Waals surface area contributed by atoms with E-state index in [9.17, 15) is 0 Å². The lowest BCUT2D eigenvalue weighted by molar-refractivity contribution is 0.295. The van der Waals surface area contributed by atoms with E-state index in [0.29, 0.717) is 0 Å². The molecule has 0 saturated carbocycles. The molecule has 0 unspecified atom stereocenters. The Morgan fingerprint density at radius 2 is 2.25 bits per heavy atom. The van der Waals surface area contributed by atoms with Crippen LogP contribution in [0.5, 0.6) is 0 Å². The molecule has 2 rings (SSSR count). The fourth-order valence-corrected chi connectivity index (χ4v) is 2.87. The molecule has 3 nitrogen and oxygen atoms in total. The highest BCUT2D eigenvalue weighted by molar-refractivity contribution is 7.99. The van der Waals surface area contributed by atoms with Crippen LogP contribution in [-0.4, -0.2) is 41.0 Å². The van der Waals surface area contributed by atoms with Gasteiger partial charge in [0.25, 0.3) is 0 Å². The van der Waals surface area contributed by atoms with Gasteiger partial charge in [0.15, 0.2) is 0 Å². The van der Waals surface area contributed by atoms with Gasteiger partial charge in [-0.2, -0.15) is 11.8 Å². The summed E-state index contributed by atoms with van der Waals surface area (Å²) in [6.45, 7) is 6.46. The summed E-state index contributed by atoms with van der Waals surface area (Å²) in [5.41, 5.74) is 1.32. The Balaban J connectivity index is 2.01. The van der Waals surface area contributed by atoms with Gasteiger partial charge in [-0.3, -0.25) is 4.90 Å². The molecule has 1 saturated heterocycles. The van der Waals surface area contributed by atoms with E-state index in [4.69, 9.17) is 0 Å². The molecule has 1 N–H and O–H groups in total. The van der Waals surface area contributed by atoms with Crippen LogP contribution in [0.4, 0.5) is 5.82 Å². The van der Waals surface area contributed by atoms with E-state index in [2.05, 4.69) is 40.0 Å². The minimum absolute atomic E-state index is 0.930. The molecule has 0 spiro atoms. The van der Waals surface area contributed by atoms with E-state index in [1.54, 1.807) is 0 Å². The fraction of sp³-hybridized carbons (Fsp3) is 0.583. The van der Waals surface area contributed by atoms with Crippen LogP contribution >= 0.6 is 11.8 Å². The average molecular weight is 237 g/mol. The number of anilines is 1. The first-order valence-electron chi connectivity index (χ1n) is 5.88. The van der Waals surface area contributed by atoms with Gasteiger partial charge < -0.3 is 5.32 Å². The van der Waals surface area contributed by atoms with E-state index in [-0.39, 0.29) is 0 Å². The minimum atomic E-state index is 0.930. The molecule has 0 atom stereocenters. The molecule has 0 aliphatic carbocycles. The Labute approximate surface area is 102 Å². The number of thioether (sulfide) groups is 1. The van der Waals surface area contributed by atoms with E-state index < -0.39 is 0 Å². The minimum Gasteiger partial charge on any atom is -0.370 e. The molecule has 1 aliphatic rings. The summed E-state index contributed by atoms with van der Waals surface area (Å²) in [5.74, 6) is 3.57. The summed E-state index contributed by atoms with van der Waals surface area (Å²) >= 11 is 2.05. The van der Waals surface area contributed by atoms with Crippen LogP contribution in [0.1, 0.15) is 12.5 Å². The molecule has 1 aromatic heterocycles. The third-order valence-corrected chi connectivity index (χ3v) is 3.68. The summed E-state index contributed by atoms with van der Waals surface area (Å²) in [4.78, 5) is 6.90. The Kier molecular flexibility index (Phi) is 4.48. The van der Waals surface area contributed by atoms with E-state index in [1.807, 2.05) is 12.3 Å². The number of nitrogens with zero attached hydrogens (tertiary/aromatic N) is 2. The SMILES string of the molecule is CCNc1ncccc1CN1CCSCC1. The fourth-order valence-electron chi connectivity index (χ4n) is 1.89. The Bertz CT molecular complexity index is 324. The molecular weight excluding hydrogens is 218 g/mol. The van der Waals surface area contributed by atoms with Crippen LogP contribution in [-0.2, 0) is 6.54 Å². The monoisotopic (exact) mass is 237 g/mol. The van der Waals surface area contributed by atoms with E-state index >= 15 is 0 Å². The maximum Gasteiger partial charge on any atom is 0.130 e. The first kappa shape index (κ1) is 11.7. The van der Waals surface area contributed by atoms with Gasteiger partial charge in [0, 0.05) is 49.4 Å². The van der Waals surface area contributed by atoms with Gasteiger partial charge in [-0.1, -0.05) is 6.07 Å². The quantitative estimate of drug-likeness (QED) is 0.867. The molecule has 88 valence electrons. The maximum absolute atomic E-state index is 4.39. The molecule has 4 heteroatoms. The van der Waals surface area contributed by atoms with Crippen molar-refractivity contribution < 1.29 is 0 Å². The van der Waals surface area contributed by atoms with Gasteiger partial charge in [0.2, 0.25) is 0 Å². The van der Waals surface area contributed by atoms with Crippen molar-refractivity contribution in [1.82, 2.24) is 9.88 Å². The Hall–Kier alpha value is -0.740. The summed E-state index contributed by atoms with van der Waals surface area (Å²) in [5, 5.41) is 3.32. The molecule has 1 fully saturated rings. The van der Waals surface area contributed by atoms with Crippen molar-refractivity contribution in [3.8, 4) is 0 Å². The normalized spacial score (nSPS) is 17.3. The van der Waals surface area contributed by atoms with Gasteiger partial charge in [0.05, 0.1) is 0 Å². The number of rotatable bonds is 4. The largest absolute Gasteiger partial charge is 0.370 e. The molecular formula is C12H19N3S. The van der Waals surface area contributed by atoms with Crippen molar-refractivity contribution in [2.24, 2.45) is 0 Å². The molecule has 0 radical (unpaired) electrons. The van der Waals surface area contributed by atoms with E-state index in [0.717, 1.165) is 18.9 Å². The second-order valence-corrected chi connectivity index (χ2v) is 5.15. The molecule has 0 aromatic carbocycles. The highest BCUT2D eigenvalue weighted by Gasteiger charge is 2.12. The molecule has 16 heavy (non-hydrogen) atoms. The van der Waals surface area contributed by atoms with Crippen molar-refractivity contribution in [3.63, 3.8) is 0 Å². The Morgan fingerprint density at radius 1 is 1.44 bits per heavy atom. The lowest BCUT2D eigenvalue weighted by atomic mass is 10.2. The summed E-state index contributed by atoms with van der Waals surface area (Å²) < 4.78 is 0. The lowest BCUT2D eigenvalue weighted by Gasteiger charge is -2.26. The smallest absolute Gasteiger partial charge is 0.130 e. The number of hydrogen-bond donors (Lipinski definition) is 1. The number of pyridine rings is 1. The first-order valence-corrected chi connectivity index (χ1v) is 7.03. The molecule has 0 amide bonds. The average Bonchev–Trinajstić information content (AvgIpc) is 2.33. The van der Waals surface area contributed by atoms with Crippen molar-refractivity contribution in [2.45, 2.75) is 13.5 Å². The van der Waals surface area contributed by atoms with Gasteiger partial charge >= 0.3 is 0 Å². The number of hydrogen-bond acceptors (Lipinski definition) is 4. The molecule has 2 heterocycles. The maximum atomic E-state index is 4.39. The summed E-state index contributed by atoms with van der Waals surface area (Å²) in [7, 11) is 0. The molecule has 1 aromatic rings. The zero-order valence-electron chi connectivity index (χ0n) is 9.78. The highest BCUT2D eigenvalue weighted by atomic mass is 32.2. The van der Waals surface area contributed by atoms with Gasteiger partial charge in [0.1, 0.15) is 5.82 Å². The van der Waals surface area contributed by atoms with Gasteiger partial charge in [-0.15, -0.1) is 0 Å². The summed E-state index contributed by atoms with van der Waals surface area (Å²) in [6, 6.07) is 4.20. The second-order valence-electron chi connectivity index (χ2n) is 3.93. The van der Waals surface area contributed by atoms with Crippen LogP contribution < -0.4 is 5.32 Å². The molecule has 0 bridgehead atoms. The van der Waals surface area contributed by atoms with Crippen LogP contribution in [0, 0.1) is 0 Å². The van der Waals surface area contributed by atoms with Crippen LogP contribution in [0.25, 0.3) is 0 Å². The highest BCUT2D eigenvalue weighted by Crippen LogP contribution is 2.17. The third kappa shape index (κ3) is 3.12. The van der Waals surface area contributed by atoms with Crippen molar-refractivity contribution in [2.75, 3.05) is 36.5 Å². The van der Waals surface area contributed by atoms with Crippen LogP contribution in [0.15, 0.2) is 18.3 Å². The Morgan fingerprint density at radius 3 is 3.00 bits per heavy atom. The second kappa shape index (κ2) is 6.11. The zero-order chi connectivity index (χ0) is 11.2. The van der Waals surface area contributed by atoms with Crippen LogP contribution in [0.2, 0.25) is 0 Å². The van der Waals surface area contributed by atoms with Crippen molar-refractivity contribution in [1.29, 1.82) is 0 Å². The van der Waals surface area contributed by atoms with Crippen molar-refractivity contribution in [3.05, 3.63) is 23.9 Å². The summed E-state index contributed by atoms with van der Waals surface area (Å²) in [6.07, 6.45) is 1.85. The standard InChI is InChI=1S/C12H19N3S/c1-2-13-12-11(4-3-5-14-12)10-15-6-8-16-9-7-15/h3-5H,2,6-10H2,1H3,(H,13,14). The molecule has 1 aliphatic heterocycles. The number of nitrogens with one attached hydrogen (secondary N) is 1. The predicted octanol–water partition coefficient (Wildman–Crippen LogP) is 2.06. The van der Waals surface area contributed by atoms with Crippen molar-refractivity contribution >= 4 is 17.6 Å². The lowest BCUT2D eigenvalue weighted by Crippen LogP contribution is -2.32. The van der Waals surface area contributed by atoms with Gasteiger partial charge in [-0.05, 0) is 13.0 Å². The zero-order valence-corrected chi connectivity index (χ0v) is 10.6. The first-order chi connectivity index (χ1) is 7.90.